The highest BCUT2D eigenvalue weighted by atomic mass is 16.4. The van der Waals surface area contributed by atoms with E-state index in [2.05, 4.69) is 31.6 Å². The summed E-state index contributed by atoms with van der Waals surface area (Å²) in [4.78, 5) is 110. The number of aliphatic imine (C=N–C) groups is 1. The van der Waals surface area contributed by atoms with Crippen LogP contribution < -0.4 is 55.3 Å². The summed E-state index contributed by atoms with van der Waals surface area (Å²) in [6.45, 7) is 5.52. The van der Waals surface area contributed by atoms with Crippen molar-refractivity contribution in [1.82, 2.24) is 31.5 Å². The molecular formula is C39H64N12O9. The number of unbranched alkanes of at least 4 members (excludes halogenated alkanes) is 1. The lowest BCUT2D eigenvalue weighted by atomic mass is 10.00. The fourth-order valence-corrected chi connectivity index (χ4v) is 6.52. The molecule has 334 valence electrons. The number of nitrogens with two attached hydrogens (primary N) is 5. The Balaban J connectivity index is 2.31. The minimum absolute atomic E-state index is 0.0342. The van der Waals surface area contributed by atoms with Crippen LogP contribution in [-0.4, -0.2) is 125 Å². The first-order chi connectivity index (χ1) is 28.4. The molecule has 0 aromatic heterocycles. The molecule has 1 heterocycles. The van der Waals surface area contributed by atoms with Gasteiger partial charge in [-0.05, 0) is 76.3 Å². The molecule has 1 saturated heterocycles. The maximum Gasteiger partial charge on any atom is 0.326 e. The zero-order valence-corrected chi connectivity index (χ0v) is 34.7. The molecule has 0 spiro atoms. The fourth-order valence-electron chi connectivity index (χ4n) is 6.52. The van der Waals surface area contributed by atoms with Crippen LogP contribution in [0, 0.1) is 5.92 Å². The van der Waals surface area contributed by atoms with Gasteiger partial charge in [-0.1, -0.05) is 44.2 Å². The van der Waals surface area contributed by atoms with Crippen LogP contribution in [0.1, 0.15) is 84.1 Å². The van der Waals surface area contributed by atoms with Gasteiger partial charge < -0.3 is 65.3 Å². The number of aliphatic carboxylic acids is 1. The first-order valence-electron chi connectivity index (χ1n) is 20.2. The van der Waals surface area contributed by atoms with E-state index < -0.39 is 95.5 Å². The zero-order valence-electron chi connectivity index (χ0n) is 34.7. The molecule has 1 aromatic rings. The molecule has 2 rings (SSSR count). The molecule has 1 aliphatic heterocycles. The monoisotopic (exact) mass is 844 g/mol. The zero-order chi connectivity index (χ0) is 44.9. The van der Waals surface area contributed by atoms with Crippen molar-refractivity contribution in [2.24, 2.45) is 39.6 Å². The predicted octanol–water partition coefficient (Wildman–Crippen LogP) is -2.82. The molecule has 1 fully saturated rings. The van der Waals surface area contributed by atoms with E-state index in [4.69, 9.17) is 28.7 Å². The number of hydrogen-bond acceptors (Lipinski definition) is 11. The number of guanidine groups is 1. The summed E-state index contributed by atoms with van der Waals surface area (Å²) in [6.07, 6.45) is 1.73. The third kappa shape index (κ3) is 17.2. The topological polar surface area (TPSA) is 363 Å². The number of carboxylic acids is 1. The summed E-state index contributed by atoms with van der Waals surface area (Å²) < 4.78 is 0. The number of carbonyl (C=O) groups excluding carboxylic acids is 7. The van der Waals surface area contributed by atoms with Gasteiger partial charge in [-0.15, -0.1) is 0 Å². The number of carbonyl (C=O) groups is 8. The molecule has 1 aliphatic rings. The number of rotatable bonds is 26. The lowest BCUT2D eigenvalue weighted by molar-refractivity contribution is -0.143. The quantitative estimate of drug-likeness (QED) is 0.0255. The van der Waals surface area contributed by atoms with Crippen molar-refractivity contribution in [1.29, 1.82) is 0 Å². The van der Waals surface area contributed by atoms with Gasteiger partial charge in [0.25, 0.3) is 0 Å². The first-order valence-corrected chi connectivity index (χ1v) is 20.2. The standard InChI is InChI=1S/C39H64N12O9/c1-22(2)31(36(57)49-28(21-24-11-5-4-6-12-24)34(55)48-27(38(59)60)16-17-30(42)52)50-35(56)29-15-10-20-51(29)37(58)26(13-7-8-18-40)47-33(54)25(46-32(53)23(3)41)14-9-19-45-39(43)44/h4-6,11-12,22-23,25-29,31H,7-10,13-21,40-41H2,1-3H3,(H2,42,52)(H,46,53)(H,47,54)(H,48,55)(H,49,57)(H,50,56)(H,59,60)(H4,43,44,45)/t23-,25-,26-,27-,28-,29-,31-/m0/s1. The largest absolute Gasteiger partial charge is 0.480 e. The van der Waals surface area contributed by atoms with Gasteiger partial charge in [0.05, 0.1) is 6.04 Å². The van der Waals surface area contributed by atoms with Crippen LogP contribution in [0.5, 0.6) is 0 Å². The second kappa shape index (κ2) is 25.6. The Morgan fingerprint density at radius 3 is 1.95 bits per heavy atom. The lowest BCUT2D eigenvalue weighted by Crippen LogP contribution is -2.60. The molecule has 21 heteroatoms. The Morgan fingerprint density at radius 2 is 1.37 bits per heavy atom. The van der Waals surface area contributed by atoms with Gasteiger partial charge in [0.1, 0.15) is 36.3 Å². The van der Waals surface area contributed by atoms with Crippen LogP contribution in [-0.2, 0) is 44.8 Å². The molecule has 0 unspecified atom stereocenters. The van der Waals surface area contributed by atoms with E-state index in [9.17, 15) is 43.5 Å². The van der Waals surface area contributed by atoms with Gasteiger partial charge in [0.2, 0.25) is 41.4 Å². The average molecular weight is 845 g/mol. The van der Waals surface area contributed by atoms with Gasteiger partial charge in [0.15, 0.2) is 5.96 Å². The summed E-state index contributed by atoms with van der Waals surface area (Å²) >= 11 is 0. The molecule has 1 aromatic carbocycles. The summed E-state index contributed by atoms with van der Waals surface area (Å²) in [5.74, 6) is -6.76. The Kier molecular flexibility index (Phi) is 21.5. The number of amides is 7. The Bertz CT molecular complexity index is 1660. The van der Waals surface area contributed by atoms with Crippen molar-refractivity contribution < 1.29 is 43.5 Å². The van der Waals surface area contributed by atoms with Crippen molar-refractivity contribution in [3.8, 4) is 0 Å². The molecule has 16 N–H and O–H groups in total. The minimum Gasteiger partial charge on any atom is -0.480 e. The average Bonchev–Trinajstić information content (AvgIpc) is 3.69. The van der Waals surface area contributed by atoms with Crippen LogP contribution in [0.3, 0.4) is 0 Å². The van der Waals surface area contributed by atoms with Gasteiger partial charge in [-0.3, -0.25) is 38.6 Å². The number of nitrogens with zero attached hydrogens (tertiary/aromatic N) is 2. The molecule has 0 radical (unpaired) electrons. The molecular weight excluding hydrogens is 781 g/mol. The van der Waals surface area contributed by atoms with Crippen LogP contribution in [0.4, 0.5) is 0 Å². The van der Waals surface area contributed by atoms with Crippen LogP contribution >= 0.6 is 0 Å². The lowest BCUT2D eigenvalue weighted by Gasteiger charge is -2.31. The van der Waals surface area contributed by atoms with Gasteiger partial charge >= 0.3 is 5.97 Å². The summed E-state index contributed by atoms with van der Waals surface area (Å²) in [5, 5.41) is 22.9. The summed E-state index contributed by atoms with van der Waals surface area (Å²) in [6, 6.07) is 0.608. The predicted molar refractivity (Wildman–Crippen MR) is 222 cm³/mol. The Labute approximate surface area is 350 Å². The number of hydrogen-bond donors (Lipinski definition) is 11. The second-order valence-electron chi connectivity index (χ2n) is 15.2. The van der Waals surface area contributed by atoms with E-state index in [0.29, 0.717) is 37.8 Å². The fraction of sp³-hybridized carbons (Fsp3) is 0.615. The highest BCUT2D eigenvalue weighted by molar-refractivity contribution is 5.97. The van der Waals surface area contributed by atoms with E-state index in [0.717, 1.165) is 0 Å². The third-order valence-corrected chi connectivity index (χ3v) is 9.85. The number of carboxylic acid groups (broad SMARTS) is 1. The van der Waals surface area contributed by atoms with Crippen molar-refractivity contribution in [2.75, 3.05) is 19.6 Å². The normalized spacial score (nSPS) is 16.6. The highest BCUT2D eigenvalue weighted by Crippen LogP contribution is 2.21. The van der Waals surface area contributed by atoms with Crippen LogP contribution in [0.2, 0.25) is 0 Å². The third-order valence-electron chi connectivity index (χ3n) is 9.85. The molecule has 7 amide bonds. The van der Waals surface area contributed by atoms with E-state index >= 15 is 0 Å². The minimum atomic E-state index is -1.47. The van der Waals surface area contributed by atoms with Crippen molar-refractivity contribution in [3.63, 3.8) is 0 Å². The number of nitrogens with one attached hydrogen (secondary N) is 5. The van der Waals surface area contributed by atoms with Crippen molar-refractivity contribution in [3.05, 3.63) is 35.9 Å². The highest BCUT2D eigenvalue weighted by Gasteiger charge is 2.40. The van der Waals surface area contributed by atoms with Crippen LogP contribution in [0.15, 0.2) is 35.3 Å². The maximum atomic E-state index is 14.2. The van der Waals surface area contributed by atoms with E-state index in [1.165, 1.54) is 11.8 Å². The molecule has 21 nitrogen and oxygen atoms in total. The van der Waals surface area contributed by atoms with Crippen molar-refractivity contribution >= 4 is 53.3 Å². The number of benzene rings is 1. The smallest absolute Gasteiger partial charge is 0.326 e. The Morgan fingerprint density at radius 1 is 0.767 bits per heavy atom. The first kappa shape index (κ1) is 50.3. The molecule has 0 aliphatic carbocycles. The van der Waals surface area contributed by atoms with Gasteiger partial charge in [-0.25, -0.2) is 4.79 Å². The summed E-state index contributed by atoms with van der Waals surface area (Å²) in [7, 11) is 0. The second-order valence-corrected chi connectivity index (χ2v) is 15.2. The van der Waals surface area contributed by atoms with E-state index in [-0.39, 0.29) is 57.6 Å². The SMILES string of the molecule is CC(C)[C@H](NC(=O)[C@@H]1CCCN1C(=O)[C@H](CCCCN)NC(=O)[C@H](CCCN=C(N)N)NC(=O)[C@H](C)N)C(=O)N[C@@H](Cc1ccccc1)C(=O)N[C@@H](CCC(N)=O)C(=O)O. The van der Waals surface area contributed by atoms with Crippen LogP contribution in [0.25, 0.3) is 0 Å². The molecule has 0 saturated carbocycles. The molecule has 0 bridgehead atoms. The molecule has 60 heavy (non-hydrogen) atoms. The van der Waals surface area contributed by atoms with E-state index in [1.807, 2.05) is 0 Å². The Hall–Kier alpha value is -5.83. The van der Waals surface area contributed by atoms with Gasteiger partial charge in [0, 0.05) is 25.9 Å². The number of primary amides is 1. The maximum absolute atomic E-state index is 14.2. The summed E-state index contributed by atoms with van der Waals surface area (Å²) in [5.41, 5.74) is 28.1. The molecule has 7 atom stereocenters. The van der Waals surface area contributed by atoms with Crippen molar-refractivity contribution in [2.45, 2.75) is 127 Å². The van der Waals surface area contributed by atoms with Gasteiger partial charge in [-0.2, -0.15) is 0 Å². The van der Waals surface area contributed by atoms with E-state index in [1.54, 1.807) is 44.2 Å². The number of likely N-dealkylation sites (tertiary alicyclic amines) is 1.